The first-order chi connectivity index (χ1) is 14.7. The van der Waals surface area contributed by atoms with Crippen LogP contribution in [-0.4, -0.2) is 58.2 Å². The van der Waals surface area contributed by atoms with Gasteiger partial charge >= 0.3 is 0 Å². The number of anilines is 2. The first-order valence-electron chi connectivity index (χ1n) is 10.3. The molecule has 2 saturated heterocycles. The molecule has 10 heteroatoms. The summed E-state index contributed by atoms with van der Waals surface area (Å²) in [6, 6.07) is 0.286. The monoisotopic (exact) mass is 418 g/mol. The third kappa shape index (κ3) is 3.89. The van der Waals surface area contributed by atoms with Crippen LogP contribution in [-0.2, 0) is 9.47 Å². The van der Waals surface area contributed by atoms with E-state index in [-0.39, 0.29) is 24.2 Å². The van der Waals surface area contributed by atoms with Crippen LogP contribution < -0.4 is 10.6 Å². The van der Waals surface area contributed by atoms with E-state index in [1.165, 1.54) is 6.08 Å². The molecule has 5 rings (SSSR count). The van der Waals surface area contributed by atoms with E-state index in [1.807, 2.05) is 4.57 Å². The van der Waals surface area contributed by atoms with Crippen LogP contribution in [0.25, 0.3) is 11.2 Å². The van der Waals surface area contributed by atoms with E-state index in [0.717, 1.165) is 38.6 Å². The van der Waals surface area contributed by atoms with E-state index >= 15 is 0 Å². The Morgan fingerprint density at radius 2 is 1.93 bits per heavy atom. The highest BCUT2D eigenvalue weighted by Gasteiger charge is 2.26. The first kappa shape index (κ1) is 19.4. The lowest BCUT2D eigenvalue weighted by molar-refractivity contribution is 0.0903. The fourth-order valence-corrected chi connectivity index (χ4v) is 4.02. The highest BCUT2D eigenvalue weighted by molar-refractivity contribution is 5.76. The average molecular weight is 418 g/mol. The predicted molar refractivity (Wildman–Crippen MR) is 108 cm³/mol. The van der Waals surface area contributed by atoms with Gasteiger partial charge in [0.2, 0.25) is 11.9 Å². The standard InChI is InChI=1S/C20H24F2N6O2/c21-12-1-2-16(15(22)9-12)25-20-26-17-10-23-19(24-13-3-6-29-7-4-13)27-18(17)28(20)14-5-8-30-11-14/h2,9-10,12-14H,1,3-8,11H2,(H,25,26)(H,23,24,27)/t12?,14-/m1/s1. The van der Waals surface area contributed by atoms with Gasteiger partial charge in [0.1, 0.15) is 17.5 Å². The minimum Gasteiger partial charge on any atom is -0.381 e. The summed E-state index contributed by atoms with van der Waals surface area (Å²) in [5.74, 6) is 0.359. The number of imidazole rings is 1. The van der Waals surface area contributed by atoms with Crippen molar-refractivity contribution in [3.8, 4) is 0 Å². The highest BCUT2D eigenvalue weighted by atomic mass is 19.1. The second-order valence-electron chi connectivity index (χ2n) is 7.77. The fraction of sp³-hybridized carbons (Fsp3) is 0.550. The lowest BCUT2D eigenvalue weighted by Gasteiger charge is -2.23. The van der Waals surface area contributed by atoms with E-state index in [1.54, 1.807) is 6.20 Å². The van der Waals surface area contributed by atoms with Crippen LogP contribution in [0.15, 0.2) is 29.9 Å². The maximum absolute atomic E-state index is 14.3. The van der Waals surface area contributed by atoms with Crippen LogP contribution >= 0.6 is 0 Å². The number of halogens is 2. The highest BCUT2D eigenvalue weighted by Crippen LogP contribution is 2.31. The van der Waals surface area contributed by atoms with Gasteiger partial charge in [-0.05, 0) is 25.3 Å². The molecule has 160 valence electrons. The molecule has 0 aromatic carbocycles. The third-order valence-electron chi connectivity index (χ3n) is 5.64. The zero-order valence-corrected chi connectivity index (χ0v) is 16.5. The van der Waals surface area contributed by atoms with Gasteiger partial charge in [-0.15, -0.1) is 0 Å². The molecule has 0 amide bonds. The molecule has 2 aliphatic heterocycles. The number of ether oxygens (including phenoxy) is 2. The summed E-state index contributed by atoms with van der Waals surface area (Å²) in [5.41, 5.74) is 1.47. The van der Waals surface area contributed by atoms with Crippen molar-refractivity contribution >= 4 is 23.1 Å². The normalized spacial score (nSPS) is 25.3. The molecule has 1 aliphatic carbocycles. The SMILES string of the molecule is FC1=CC(F)CC=C1Nc1nc2cnc(NC3CCOCC3)nc2n1[C@@H]1CCOC1. The Morgan fingerprint density at radius 1 is 1.10 bits per heavy atom. The summed E-state index contributed by atoms with van der Waals surface area (Å²) in [6.45, 7) is 2.61. The molecule has 30 heavy (non-hydrogen) atoms. The smallest absolute Gasteiger partial charge is 0.224 e. The quantitative estimate of drug-likeness (QED) is 0.771. The Labute approximate surface area is 172 Å². The molecular formula is C20H24F2N6O2. The molecule has 0 saturated carbocycles. The van der Waals surface area contributed by atoms with Crippen LogP contribution in [0.2, 0.25) is 0 Å². The topological polar surface area (TPSA) is 86.1 Å². The Kier molecular flexibility index (Phi) is 5.34. The van der Waals surface area contributed by atoms with Gasteiger partial charge in [0.15, 0.2) is 5.65 Å². The number of hydrogen-bond acceptors (Lipinski definition) is 7. The van der Waals surface area contributed by atoms with Crippen molar-refractivity contribution in [2.75, 3.05) is 37.1 Å². The number of nitrogens with one attached hydrogen (secondary N) is 2. The summed E-state index contributed by atoms with van der Waals surface area (Å²) in [5, 5.41) is 6.41. The minimum absolute atomic E-state index is 0.0217. The van der Waals surface area contributed by atoms with Crippen molar-refractivity contribution in [1.82, 2.24) is 19.5 Å². The zero-order chi connectivity index (χ0) is 20.5. The van der Waals surface area contributed by atoms with Crippen molar-refractivity contribution in [3.05, 3.63) is 29.9 Å². The molecule has 1 unspecified atom stereocenters. The molecule has 4 heterocycles. The van der Waals surface area contributed by atoms with Crippen LogP contribution in [0.1, 0.15) is 31.7 Å². The number of rotatable bonds is 5. The van der Waals surface area contributed by atoms with Gasteiger partial charge in [0, 0.05) is 32.3 Å². The summed E-state index contributed by atoms with van der Waals surface area (Å²) in [7, 11) is 0. The number of fused-ring (bicyclic) bond motifs is 1. The first-order valence-corrected chi connectivity index (χ1v) is 10.3. The lowest BCUT2D eigenvalue weighted by Crippen LogP contribution is -2.28. The number of hydrogen-bond donors (Lipinski definition) is 2. The van der Waals surface area contributed by atoms with E-state index < -0.39 is 12.0 Å². The molecule has 2 aromatic rings. The Bertz CT molecular complexity index is 979. The summed E-state index contributed by atoms with van der Waals surface area (Å²) >= 11 is 0. The van der Waals surface area contributed by atoms with Crippen molar-refractivity contribution in [1.29, 1.82) is 0 Å². The maximum Gasteiger partial charge on any atom is 0.224 e. The number of alkyl halides is 1. The van der Waals surface area contributed by atoms with Crippen molar-refractivity contribution < 1.29 is 18.3 Å². The molecular weight excluding hydrogens is 394 g/mol. The van der Waals surface area contributed by atoms with E-state index in [2.05, 4.69) is 20.6 Å². The van der Waals surface area contributed by atoms with Gasteiger partial charge in [-0.1, -0.05) is 6.08 Å². The molecule has 2 N–H and O–H groups in total. The van der Waals surface area contributed by atoms with Gasteiger partial charge in [-0.25, -0.2) is 18.7 Å². The van der Waals surface area contributed by atoms with Crippen LogP contribution in [0.5, 0.6) is 0 Å². The maximum atomic E-state index is 14.3. The predicted octanol–water partition coefficient (Wildman–Crippen LogP) is 3.27. The van der Waals surface area contributed by atoms with Gasteiger partial charge in [0.25, 0.3) is 0 Å². The fourth-order valence-electron chi connectivity index (χ4n) is 4.02. The molecule has 0 radical (unpaired) electrons. The van der Waals surface area contributed by atoms with Crippen LogP contribution in [0, 0.1) is 0 Å². The van der Waals surface area contributed by atoms with Gasteiger partial charge in [-0.2, -0.15) is 4.98 Å². The average Bonchev–Trinajstić information content (AvgIpc) is 3.38. The lowest BCUT2D eigenvalue weighted by atomic mass is 10.1. The molecule has 0 bridgehead atoms. The second-order valence-corrected chi connectivity index (χ2v) is 7.77. The Hall–Kier alpha value is -2.59. The zero-order valence-electron chi connectivity index (χ0n) is 16.5. The van der Waals surface area contributed by atoms with Gasteiger partial charge in [0.05, 0.1) is 24.5 Å². The molecule has 2 atom stereocenters. The summed E-state index contributed by atoms with van der Waals surface area (Å²) < 4.78 is 40.6. The summed E-state index contributed by atoms with van der Waals surface area (Å²) in [6.07, 6.45) is 5.59. The Morgan fingerprint density at radius 3 is 2.70 bits per heavy atom. The Balaban J connectivity index is 1.48. The van der Waals surface area contributed by atoms with Crippen molar-refractivity contribution in [2.45, 2.75) is 43.9 Å². The molecule has 2 fully saturated rings. The number of aromatic nitrogens is 4. The van der Waals surface area contributed by atoms with E-state index in [0.29, 0.717) is 36.3 Å². The molecule has 0 spiro atoms. The molecule has 8 nitrogen and oxygen atoms in total. The second kappa shape index (κ2) is 8.27. The van der Waals surface area contributed by atoms with Crippen molar-refractivity contribution in [2.24, 2.45) is 0 Å². The van der Waals surface area contributed by atoms with Gasteiger partial charge < -0.3 is 20.1 Å². The van der Waals surface area contributed by atoms with Crippen LogP contribution in [0.3, 0.4) is 0 Å². The van der Waals surface area contributed by atoms with E-state index in [9.17, 15) is 8.78 Å². The van der Waals surface area contributed by atoms with Crippen LogP contribution in [0.4, 0.5) is 20.7 Å². The molecule has 2 aromatic heterocycles. The third-order valence-corrected chi connectivity index (χ3v) is 5.64. The largest absolute Gasteiger partial charge is 0.381 e. The summed E-state index contributed by atoms with van der Waals surface area (Å²) in [4.78, 5) is 13.7. The minimum atomic E-state index is -1.30. The molecule has 3 aliphatic rings. The van der Waals surface area contributed by atoms with Crippen molar-refractivity contribution in [3.63, 3.8) is 0 Å². The van der Waals surface area contributed by atoms with E-state index in [4.69, 9.17) is 14.5 Å². The number of allylic oxidation sites excluding steroid dienone is 3. The van der Waals surface area contributed by atoms with Gasteiger partial charge in [-0.3, -0.25) is 4.57 Å². The number of nitrogens with zero attached hydrogens (tertiary/aromatic N) is 4.